The highest BCUT2D eigenvalue weighted by Crippen LogP contribution is 2.06. The fourth-order valence-corrected chi connectivity index (χ4v) is 1.34. The number of nitrogens with zero attached hydrogens (tertiary/aromatic N) is 2. The predicted molar refractivity (Wildman–Crippen MR) is 61.0 cm³/mol. The second-order valence-electron chi connectivity index (χ2n) is 3.98. The van der Waals surface area contributed by atoms with Crippen LogP contribution in [0.4, 0.5) is 0 Å². The molecule has 0 amide bonds. The molecule has 0 aliphatic carbocycles. The maximum atomic E-state index is 5.62. The average molecular weight is 211 g/mol. The standard InChI is InChI=1S/C11H21N3O/c1-12-7-4-5-10-9-13-11(15-10)6-8-14(2)3/h9,12H,4-8H2,1-3H3. The van der Waals surface area contributed by atoms with Gasteiger partial charge in [-0.15, -0.1) is 0 Å². The second-order valence-corrected chi connectivity index (χ2v) is 3.98. The first-order valence-corrected chi connectivity index (χ1v) is 5.45. The summed E-state index contributed by atoms with van der Waals surface area (Å²) in [5.41, 5.74) is 0. The Kier molecular flexibility index (Phi) is 5.36. The quantitative estimate of drug-likeness (QED) is 0.681. The Morgan fingerprint density at radius 1 is 1.40 bits per heavy atom. The molecular formula is C11H21N3O. The fourth-order valence-electron chi connectivity index (χ4n) is 1.34. The summed E-state index contributed by atoms with van der Waals surface area (Å²) in [6, 6.07) is 0. The van der Waals surface area contributed by atoms with Crippen molar-refractivity contribution in [2.75, 3.05) is 34.2 Å². The minimum Gasteiger partial charge on any atom is -0.446 e. The molecule has 0 bridgehead atoms. The first kappa shape index (κ1) is 12.2. The Hall–Kier alpha value is -0.870. The van der Waals surface area contributed by atoms with Crippen molar-refractivity contribution in [1.29, 1.82) is 0 Å². The predicted octanol–water partition coefficient (Wildman–Crippen LogP) is 0.931. The van der Waals surface area contributed by atoms with Gasteiger partial charge < -0.3 is 14.6 Å². The monoisotopic (exact) mass is 211 g/mol. The van der Waals surface area contributed by atoms with Crippen LogP contribution in [-0.4, -0.2) is 44.1 Å². The summed E-state index contributed by atoms with van der Waals surface area (Å²) in [6.45, 7) is 2.00. The molecule has 4 nitrogen and oxygen atoms in total. The van der Waals surface area contributed by atoms with Crippen LogP contribution < -0.4 is 5.32 Å². The van der Waals surface area contributed by atoms with Crippen LogP contribution in [0.2, 0.25) is 0 Å². The molecule has 0 spiro atoms. The average Bonchev–Trinajstić information content (AvgIpc) is 2.63. The SMILES string of the molecule is CNCCCc1cnc(CCN(C)C)o1. The number of aryl methyl sites for hydroxylation is 1. The van der Waals surface area contributed by atoms with Crippen LogP contribution in [0.25, 0.3) is 0 Å². The molecule has 0 atom stereocenters. The van der Waals surface area contributed by atoms with Crippen LogP contribution in [-0.2, 0) is 12.8 Å². The largest absolute Gasteiger partial charge is 0.446 e. The van der Waals surface area contributed by atoms with E-state index >= 15 is 0 Å². The topological polar surface area (TPSA) is 41.3 Å². The highest BCUT2D eigenvalue weighted by Gasteiger charge is 2.03. The lowest BCUT2D eigenvalue weighted by molar-refractivity contribution is 0.376. The minimum absolute atomic E-state index is 0.850. The third kappa shape index (κ3) is 4.95. The van der Waals surface area contributed by atoms with Gasteiger partial charge in [-0.05, 0) is 34.1 Å². The first-order chi connectivity index (χ1) is 7.22. The molecule has 1 N–H and O–H groups in total. The molecule has 0 saturated heterocycles. The molecular weight excluding hydrogens is 190 g/mol. The van der Waals surface area contributed by atoms with E-state index in [1.165, 1.54) is 0 Å². The van der Waals surface area contributed by atoms with E-state index in [9.17, 15) is 0 Å². The van der Waals surface area contributed by atoms with E-state index in [0.717, 1.165) is 44.0 Å². The van der Waals surface area contributed by atoms with Crippen molar-refractivity contribution in [2.45, 2.75) is 19.3 Å². The van der Waals surface area contributed by atoms with E-state index < -0.39 is 0 Å². The van der Waals surface area contributed by atoms with Gasteiger partial charge in [0.15, 0.2) is 5.89 Å². The second kappa shape index (κ2) is 6.58. The van der Waals surface area contributed by atoms with Gasteiger partial charge >= 0.3 is 0 Å². The third-order valence-electron chi connectivity index (χ3n) is 2.22. The molecule has 0 fully saturated rings. The number of hydrogen-bond acceptors (Lipinski definition) is 4. The molecule has 0 unspecified atom stereocenters. The lowest BCUT2D eigenvalue weighted by Crippen LogP contribution is -2.15. The highest BCUT2D eigenvalue weighted by molar-refractivity contribution is 4.94. The third-order valence-corrected chi connectivity index (χ3v) is 2.22. The summed E-state index contributed by atoms with van der Waals surface area (Å²) >= 11 is 0. The highest BCUT2D eigenvalue weighted by atomic mass is 16.4. The molecule has 0 aromatic carbocycles. The van der Waals surface area contributed by atoms with Gasteiger partial charge in [-0.2, -0.15) is 0 Å². The Labute approximate surface area is 91.7 Å². The van der Waals surface area contributed by atoms with Gasteiger partial charge in [-0.25, -0.2) is 4.98 Å². The van der Waals surface area contributed by atoms with E-state index in [4.69, 9.17) is 4.42 Å². The number of oxazole rings is 1. The van der Waals surface area contributed by atoms with E-state index in [2.05, 4.69) is 29.3 Å². The van der Waals surface area contributed by atoms with Crippen LogP contribution in [0.15, 0.2) is 10.6 Å². The van der Waals surface area contributed by atoms with Crippen molar-refractivity contribution < 1.29 is 4.42 Å². The van der Waals surface area contributed by atoms with Gasteiger partial charge in [0.2, 0.25) is 0 Å². The summed E-state index contributed by atoms with van der Waals surface area (Å²) in [5, 5.41) is 3.12. The molecule has 15 heavy (non-hydrogen) atoms. The van der Waals surface area contributed by atoms with Crippen LogP contribution in [0.1, 0.15) is 18.1 Å². The number of hydrogen-bond donors (Lipinski definition) is 1. The van der Waals surface area contributed by atoms with Crippen molar-refractivity contribution in [3.8, 4) is 0 Å². The molecule has 0 aliphatic rings. The fraction of sp³-hybridized carbons (Fsp3) is 0.727. The number of nitrogens with one attached hydrogen (secondary N) is 1. The molecule has 86 valence electrons. The number of likely N-dealkylation sites (N-methyl/N-ethyl adjacent to an activating group) is 1. The van der Waals surface area contributed by atoms with Crippen molar-refractivity contribution >= 4 is 0 Å². The summed E-state index contributed by atoms with van der Waals surface area (Å²) < 4.78 is 5.62. The molecule has 1 rings (SSSR count). The van der Waals surface area contributed by atoms with Crippen molar-refractivity contribution in [1.82, 2.24) is 15.2 Å². The molecule has 1 aromatic rings. The lowest BCUT2D eigenvalue weighted by atomic mass is 10.3. The molecule has 1 heterocycles. The number of aromatic nitrogens is 1. The van der Waals surface area contributed by atoms with E-state index in [-0.39, 0.29) is 0 Å². The molecule has 0 radical (unpaired) electrons. The Morgan fingerprint density at radius 2 is 2.20 bits per heavy atom. The van der Waals surface area contributed by atoms with Crippen molar-refractivity contribution in [3.05, 3.63) is 17.8 Å². The summed E-state index contributed by atoms with van der Waals surface area (Å²) in [6.07, 6.45) is 4.80. The van der Waals surface area contributed by atoms with Gasteiger partial charge in [-0.1, -0.05) is 0 Å². The summed E-state index contributed by atoms with van der Waals surface area (Å²) in [4.78, 5) is 6.38. The van der Waals surface area contributed by atoms with Gasteiger partial charge in [-0.3, -0.25) is 0 Å². The summed E-state index contributed by atoms with van der Waals surface area (Å²) in [7, 11) is 6.07. The summed E-state index contributed by atoms with van der Waals surface area (Å²) in [5.74, 6) is 1.85. The smallest absolute Gasteiger partial charge is 0.195 e. The van der Waals surface area contributed by atoms with Gasteiger partial charge in [0.25, 0.3) is 0 Å². The normalized spacial score (nSPS) is 11.2. The van der Waals surface area contributed by atoms with Crippen LogP contribution in [0, 0.1) is 0 Å². The van der Waals surface area contributed by atoms with E-state index in [1.54, 1.807) is 0 Å². The molecule has 0 saturated carbocycles. The Morgan fingerprint density at radius 3 is 2.87 bits per heavy atom. The lowest BCUT2D eigenvalue weighted by Gasteiger charge is -2.05. The zero-order valence-corrected chi connectivity index (χ0v) is 9.92. The van der Waals surface area contributed by atoms with Crippen molar-refractivity contribution in [2.24, 2.45) is 0 Å². The zero-order valence-electron chi connectivity index (χ0n) is 9.92. The maximum absolute atomic E-state index is 5.62. The van der Waals surface area contributed by atoms with Gasteiger partial charge in [0.1, 0.15) is 5.76 Å². The van der Waals surface area contributed by atoms with Gasteiger partial charge in [0.05, 0.1) is 6.20 Å². The van der Waals surface area contributed by atoms with Crippen LogP contribution >= 0.6 is 0 Å². The molecule has 0 aliphatic heterocycles. The minimum atomic E-state index is 0.850. The molecule has 1 aromatic heterocycles. The van der Waals surface area contributed by atoms with Gasteiger partial charge in [0, 0.05) is 19.4 Å². The molecule has 4 heteroatoms. The number of rotatable bonds is 7. The van der Waals surface area contributed by atoms with E-state index in [1.807, 2.05) is 13.2 Å². The Balaban J connectivity index is 2.29. The zero-order chi connectivity index (χ0) is 11.1. The van der Waals surface area contributed by atoms with Crippen molar-refractivity contribution in [3.63, 3.8) is 0 Å². The van der Waals surface area contributed by atoms with Crippen LogP contribution in [0.5, 0.6) is 0 Å². The Bertz CT molecular complexity index is 271. The van der Waals surface area contributed by atoms with E-state index in [0.29, 0.717) is 0 Å². The first-order valence-electron chi connectivity index (χ1n) is 5.45. The van der Waals surface area contributed by atoms with Crippen LogP contribution in [0.3, 0.4) is 0 Å². The maximum Gasteiger partial charge on any atom is 0.195 e.